The summed E-state index contributed by atoms with van der Waals surface area (Å²) in [6.45, 7) is 8.59. The Morgan fingerprint density at radius 3 is 2.65 bits per heavy atom. The average molecular weight is 238 g/mol. The second-order valence-electron chi connectivity index (χ2n) is 5.29. The fraction of sp³-hybridized carbons (Fsp3) is 0.714. The standard InChI is InChI=1S/C14H26N2O/c1-11(2)8-12(3)16(5)10-13-6-7-17-14(13)9-15-4/h6-7,11-12,15H,8-10H2,1-5H3. The molecule has 3 heteroatoms. The Morgan fingerprint density at radius 1 is 1.35 bits per heavy atom. The van der Waals surface area contributed by atoms with Crippen LogP contribution in [0.1, 0.15) is 38.5 Å². The SMILES string of the molecule is CNCc1occc1CN(C)C(C)CC(C)C. The van der Waals surface area contributed by atoms with Crippen LogP contribution in [0.25, 0.3) is 0 Å². The van der Waals surface area contributed by atoms with Gasteiger partial charge in [0.2, 0.25) is 0 Å². The zero-order chi connectivity index (χ0) is 12.8. The first kappa shape index (κ1) is 14.3. The van der Waals surface area contributed by atoms with Crippen LogP contribution in [0.3, 0.4) is 0 Å². The number of rotatable bonds is 7. The minimum atomic E-state index is 0.604. The van der Waals surface area contributed by atoms with Gasteiger partial charge >= 0.3 is 0 Å². The minimum absolute atomic E-state index is 0.604. The van der Waals surface area contributed by atoms with Crippen LogP contribution < -0.4 is 5.32 Å². The van der Waals surface area contributed by atoms with E-state index in [0.29, 0.717) is 6.04 Å². The summed E-state index contributed by atoms with van der Waals surface area (Å²) in [5.74, 6) is 1.80. The molecule has 0 radical (unpaired) electrons. The molecule has 1 heterocycles. The Labute approximate surface area is 105 Å². The first-order valence-corrected chi connectivity index (χ1v) is 6.44. The molecule has 0 aliphatic carbocycles. The van der Waals surface area contributed by atoms with E-state index in [9.17, 15) is 0 Å². The molecule has 0 fully saturated rings. The highest BCUT2D eigenvalue weighted by atomic mass is 16.3. The lowest BCUT2D eigenvalue weighted by Gasteiger charge is -2.26. The molecule has 3 nitrogen and oxygen atoms in total. The molecule has 0 saturated carbocycles. The van der Waals surface area contributed by atoms with E-state index in [4.69, 9.17) is 4.42 Å². The maximum Gasteiger partial charge on any atom is 0.122 e. The van der Waals surface area contributed by atoms with Crippen LogP contribution in [0.4, 0.5) is 0 Å². The van der Waals surface area contributed by atoms with Crippen molar-refractivity contribution in [3.63, 3.8) is 0 Å². The topological polar surface area (TPSA) is 28.4 Å². The molecule has 0 aliphatic rings. The van der Waals surface area contributed by atoms with E-state index in [1.165, 1.54) is 12.0 Å². The van der Waals surface area contributed by atoms with Gasteiger partial charge in [0.15, 0.2) is 0 Å². The molecule has 0 spiro atoms. The highest BCUT2D eigenvalue weighted by Gasteiger charge is 2.14. The van der Waals surface area contributed by atoms with Crippen molar-refractivity contribution < 1.29 is 4.42 Å². The minimum Gasteiger partial charge on any atom is -0.468 e. The van der Waals surface area contributed by atoms with E-state index in [1.807, 2.05) is 7.05 Å². The molecule has 1 aromatic rings. The molecule has 0 bridgehead atoms. The maximum absolute atomic E-state index is 5.48. The van der Waals surface area contributed by atoms with Crippen molar-refractivity contribution in [3.8, 4) is 0 Å². The van der Waals surface area contributed by atoms with Crippen molar-refractivity contribution in [2.75, 3.05) is 14.1 Å². The number of furan rings is 1. The summed E-state index contributed by atoms with van der Waals surface area (Å²) in [7, 11) is 4.13. The molecule has 0 aliphatic heterocycles. The summed E-state index contributed by atoms with van der Waals surface area (Å²) < 4.78 is 5.48. The fourth-order valence-corrected chi connectivity index (χ4v) is 2.11. The Balaban J connectivity index is 2.54. The van der Waals surface area contributed by atoms with Gasteiger partial charge < -0.3 is 9.73 Å². The third-order valence-corrected chi connectivity index (χ3v) is 3.16. The van der Waals surface area contributed by atoms with Crippen LogP contribution in [-0.2, 0) is 13.1 Å². The van der Waals surface area contributed by atoms with Gasteiger partial charge in [0.1, 0.15) is 5.76 Å². The zero-order valence-electron chi connectivity index (χ0n) is 11.8. The molecule has 0 aromatic carbocycles. The average Bonchev–Trinajstić information content (AvgIpc) is 2.65. The summed E-state index contributed by atoms with van der Waals surface area (Å²) in [4.78, 5) is 2.39. The maximum atomic E-state index is 5.48. The lowest BCUT2D eigenvalue weighted by atomic mass is 10.0. The van der Waals surface area contributed by atoms with Gasteiger partial charge in [-0.2, -0.15) is 0 Å². The highest BCUT2D eigenvalue weighted by Crippen LogP contribution is 2.16. The van der Waals surface area contributed by atoms with Crippen molar-refractivity contribution in [2.24, 2.45) is 5.92 Å². The van der Waals surface area contributed by atoms with Gasteiger partial charge in [0, 0.05) is 18.2 Å². The summed E-state index contributed by atoms with van der Waals surface area (Å²) in [5.41, 5.74) is 1.29. The summed E-state index contributed by atoms with van der Waals surface area (Å²) in [6, 6.07) is 2.68. The van der Waals surface area contributed by atoms with E-state index in [2.05, 4.69) is 44.1 Å². The number of hydrogen-bond acceptors (Lipinski definition) is 3. The molecule has 0 amide bonds. The van der Waals surface area contributed by atoms with Crippen molar-refractivity contribution in [2.45, 2.75) is 46.3 Å². The van der Waals surface area contributed by atoms with Crippen LogP contribution in [0.2, 0.25) is 0 Å². The number of nitrogens with one attached hydrogen (secondary N) is 1. The van der Waals surface area contributed by atoms with Crippen molar-refractivity contribution in [1.29, 1.82) is 0 Å². The molecule has 1 unspecified atom stereocenters. The third kappa shape index (κ3) is 4.52. The van der Waals surface area contributed by atoms with Crippen molar-refractivity contribution in [3.05, 3.63) is 23.7 Å². The molecule has 98 valence electrons. The summed E-state index contributed by atoms with van der Waals surface area (Å²) in [5, 5.41) is 3.13. The van der Waals surface area contributed by atoms with Gasteiger partial charge in [-0.3, -0.25) is 4.90 Å². The molecule has 1 N–H and O–H groups in total. The molecular formula is C14H26N2O. The highest BCUT2D eigenvalue weighted by molar-refractivity contribution is 5.16. The van der Waals surface area contributed by atoms with E-state index in [-0.39, 0.29) is 0 Å². The van der Waals surface area contributed by atoms with Crippen molar-refractivity contribution >= 4 is 0 Å². The summed E-state index contributed by atoms with van der Waals surface area (Å²) in [6.07, 6.45) is 3.01. The van der Waals surface area contributed by atoms with Gasteiger partial charge in [0.05, 0.1) is 12.8 Å². The molecule has 0 saturated heterocycles. The Morgan fingerprint density at radius 2 is 2.06 bits per heavy atom. The normalized spacial score (nSPS) is 13.6. The Hall–Kier alpha value is -0.800. The largest absolute Gasteiger partial charge is 0.468 e. The van der Waals surface area contributed by atoms with Crippen molar-refractivity contribution in [1.82, 2.24) is 10.2 Å². The Kier molecular flexibility index (Phi) is 5.72. The van der Waals surface area contributed by atoms with Crippen LogP contribution in [0.15, 0.2) is 16.7 Å². The first-order chi connectivity index (χ1) is 8.04. The molecule has 1 aromatic heterocycles. The predicted octanol–water partition coefficient (Wildman–Crippen LogP) is 2.87. The second-order valence-corrected chi connectivity index (χ2v) is 5.29. The number of nitrogens with zero attached hydrogens (tertiary/aromatic N) is 1. The molecular weight excluding hydrogens is 212 g/mol. The van der Waals surface area contributed by atoms with Gasteiger partial charge in [-0.15, -0.1) is 0 Å². The van der Waals surface area contributed by atoms with Gasteiger partial charge in [-0.25, -0.2) is 0 Å². The van der Waals surface area contributed by atoms with Crippen LogP contribution >= 0.6 is 0 Å². The Bertz CT molecular complexity index is 320. The zero-order valence-corrected chi connectivity index (χ0v) is 11.8. The third-order valence-electron chi connectivity index (χ3n) is 3.16. The van der Waals surface area contributed by atoms with Crippen LogP contribution in [0.5, 0.6) is 0 Å². The lowest BCUT2D eigenvalue weighted by Crippen LogP contribution is -2.30. The van der Waals surface area contributed by atoms with E-state index in [0.717, 1.165) is 24.8 Å². The quantitative estimate of drug-likeness (QED) is 0.792. The first-order valence-electron chi connectivity index (χ1n) is 6.44. The van der Waals surface area contributed by atoms with E-state index < -0.39 is 0 Å². The fourth-order valence-electron chi connectivity index (χ4n) is 2.11. The van der Waals surface area contributed by atoms with Gasteiger partial charge in [-0.1, -0.05) is 13.8 Å². The predicted molar refractivity (Wildman–Crippen MR) is 71.9 cm³/mol. The van der Waals surface area contributed by atoms with Crippen LogP contribution in [-0.4, -0.2) is 25.0 Å². The van der Waals surface area contributed by atoms with Gasteiger partial charge in [0.25, 0.3) is 0 Å². The van der Waals surface area contributed by atoms with E-state index in [1.54, 1.807) is 6.26 Å². The van der Waals surface area contributed by atoms with Crippen LogP contribution in [0, 0.1) is 5.92 Å². The van der Waals surface area contributed by atoms with E-state index >= 15 is 0 Å². The van der Waals surface area contributed by atoms with Gasteiger partial charge in [-0.05, 0) is 39.4 Å². The summed E-state index contributed by atoms with van der Waals surface area (Å²) >= 11 is 0. The number of hydrogen-bond donors (Lipinski definition) is 1. The molecule has 1 atom stereocenters. The molecule has 17 heavy (non-hydrogen) atoms. The smallest absolute Gasteiger partial charge is 0.122 e. The monoisotopic (exact) mass is 238 g/mol. The molecule has 1 rings (SSSR count). The second kappa shape index (κ2) is 6.82. The lowest BCUT2D eigenvalue weighted by molar-refractivity contribution is 0.219.